The van der Waals surface area contributed by atoms with Gasteiger partial charge in [-0.25, -0.2) is 0 Å². The van der Waals surface area contributed by atoms with Crippen molar-refractivity contribution in [2.24, 2.45) is 11.0 Å². The number of rotatable bonds is 0. The minimum atomic E-state index is -2.14. The van der Waals surface area contributed by atoms with Crippen molar-refractivity contribution in [1.82, 2.24) is 0 Å². The van der Waals surface area contributed by atoms with Crippen molar-refractivity contribution in [2.45, 2.75) is 0 Å². The van der Waals surface area contributed by atoms with Crippen molar-refractivity contribution in [3.63, 3.8) is 0 Å². The van der Waals surface area contributed by atoms with E-state index in [0.29, 0.717) is 0 Å². The van der Waals surface area contributed by atoms with Crippen LogP contribution in [-0.2, 0) is 0 Å². The standard InChI is InChI=1S/CH8ClN2P/c1-5(2,3)4/h5H,3-4H2,1H3. The zero-order valence-electron chi connectivity index (χ0n) is 3.03. The average molecular weight is 115 g/mol. The van der Waals surface area contributed by atoms with Crippen LogP contribution in [0.15, 0.2) is 0 Å². The maximum absolute atomic E-state index is 5.22. The number of hydrogen-bond donors (Lipinski definition) is 2. The van der Waals surface area contributed by atoms with Gasteiger partial charge in [0.2, 0.25) is 0 Å². The minimum absolute atomic E-state index is 1.65. The zero-order chi connectivity index (χ0) is 4.50. The summed E-state index contributed by atoms with van der Waals surface area (Å²) >= 11 is 5.22. The second kappa shape index (κ2) is 1.39. The van der Waals surface area contributed by atoms with E-state index in [4.69, 9.17) is 22.2 Å². The van der Waals surface area contributed by atoms with E-state index in [9.17, 15) is 0 Å². The van der Waals surface area contributed by atoms with Crippen LogP contribution in [0, 0.1) is 0 Å². The molecule has 4 heteroatoms. The van der Waals surface area contributed by atoms with Gasteiger partial charge in [0.05, 0.1) is 0 Å². The van der Waals surface area contributed by atoms with Crippen LogP contribution in [0.4, 0.5) is 0 Å². The maximum atomic E-state index is 5.22. The van der Waals surface area contributed by atoms with Gasteiger partial charge in [-0.3, -0.25) is 0 Å². The van der Waals surface area contributed by atoms with Crippen LogP contribution in [0.2, 0.25) is 0 Å². The monoisotopic (exact) mass is 114 g/mol. The summed E-state index contributed by atoms with van der Waals surface area (Å²) in [6, 6.07) is 0. The average Bonchev–Trinajstić information content (AvgIpc) is 0.722. The predicted molar refractivity (Wildman–Crippen MR) is 28.5 cm³/mol. The molecule has 0 amide bonds. The summed E-state index contributed by atoms with van der Waals surface area (Å²) < 4.78 is 0. The summed E-state index contributed by atoms with van der Waals surface area (Å²) in [6.07, 6.45) is 0. The first-order valence-corrected chi connectivity index (χ1v) is 4.93. The summed E-state index contributed by atoms with van der Waals surface area (Å²) in [7, 11) is 0. The molecule has 34 valence electrons. The Bertz CT molecular complexity index is 25.1. The molecule has 0 aromatic rings. The van der Waals surface area contributed by atoms with Crippen LogP contribution >= 0.6 is 18.2 Å². The molecule has 0 aromatic carbocycles. The molecule has 0 fully saturated rings. The van der Waals surface area contributed by atoms with Gasteiger partial charge in [0.1, 0.15) is 0 Å². The van der Waals surface area contributed by atoms with Gasteiger partial charge in [-0.05, 0) is 0 Å². The SMILES string of the molecule is C[PH](N)(N)Cl. The van der Waals surface area contributed by atoms with Crippen molar-refractivity contribution in [3.8, 4) is 0 Å². The Hall–Kier alpha value is 0.640. The number of nitrogens with two attached hydrogens (primary N) is 2. The van der Waals surface area contributed by atoms with E-state index < -0.39 is 6.92 Å². The van der Waals surface area contributed by atoms with E-state index in [1.165, 1.54) is 0 Å². The van der Waals surface area contributed by atoms with Crippen molar-refractivity contribution >= 4 is 18.2 Å². The van der Waals surface area contributed by atoms with Gasteiger partial charge in [0.25, 0.3) is 0 Å². The molecule has 0 heterocycles. The van der Waals surface area contributed by atoms with Gasteiger partial charge in [-0.15, -0.1) is 0 Å². The summed E-state index contributed by atoms with van der Waals surface area (Å²) in [6.45, 7) is -0.492. The Labute approximate surface area is 36.7 Å². The molecule has 0 aliphatic carbocycles. The molecule has 0 aliphatic rings. The van der Waals surface area contributed by atoms with Crippen LogP contribution < -0.4 is 11.0 Å². The fourth-order valence-electron chi connectivity index (χ4n) is 0. The Kier molecular flexibility index (Phi) is 1.57. The van der Waals surface area contributed by atoms with Crippen molar-refractivity contribution in [2.75, 3.05) is 6.66 Å². The van der Waals surface area contributed by atoms with Crippen LogP contribution in [0.3, 0.4) is 0 Å². The third kappa shape index (κ3) is 79.0. The van der Waals surface area contributed by atoms with Gasteiger partial charge in [-0.1, -0.05) is 0 Å². The van der Waals surface area contributed by atoms with E-state index in [1.54, 1.807) is 6.66 Å². The Morgan fingerprint density at radius 3 is 1.60 bits per heavy atom. The number of halogens is 1. The molecule has 0 aromatic heterocycles. The van der Waals surface area contributed by atoms with Gasteiger partial charge < -0.3 is 0 Å². The van der Waals surface area contributed by atoms with Gasteiger partial charge in [0, 0.05) is 0 Å². The summed E-state index contributed by atoms with van der Waals surface area (Å²) in [4.78, 5) is 0. The summed E-state index contributed by atoms with van der Waals surface area (Å²) in [5.74, 6) is 0. The third-order valence-electron chi connectivity index (χ3n) is 0. The second-order valence-electron chi connectivity index (χ2n) is 1.15. The predicted octanol–water partition coefficient (Wildman–Crippen LogP) is 0.267. The second-order valence-corrected chi connectivity index (χ2v) is 5.90. The topological polar surface area (TPSA) is 52.0 Å². The fourth-order valence-corrected chi connectivity index (χ4v) is 0. The van der Waals surface area contributed by atoms with Gasteiger partial charge >= 0.3 is 35.8 Å². The van der Waals surface area contributed by atoms with Crippen LogP contribution in [0.5, 0.6) is 0 Å². The zero-order valence-corrected chi connectivity index (χ0v) is 4.79. The molecule has 0 rings (SSSR count). The molecule has 0 aliphatic heterocycles. The van der Waals surface area contributed by atoms with Crippen molar-refractivity contribution < 1.29 is 0 Å². The molecule has 0 saturated heterocycles. The molecule has 0 spiro atoms. The molecular formula is CH8ClN2P. The van der Waals surface area contributed by atoms with E-state index >= 15 is 0 Å². The van der Waals surface area contributed by atoms with Gasteiger partial charge in [-0.2, -0.15) is 0 Å². The molecule has 0 radical (unpaired) electrons. The van der Waals surface area contributed by atoms with Crippen LogP contribution in [-0.4, -0.2) is 6.66 Å². The summed E-state index contributed by atoms with van der Waals surface area (Å²) in [5.41, 5.74) is 10.1. The first kappa shape index (κ1) is 5.64. The molecule has 0 saturated carbocycles. The quantitative estimate of drug-likeness (QED) is 0.444. The van der Waals surface area contributed by atoms with E-state index in [-0.39, 0.29) is 0 Å². The van der Waals surface area contributed by atoms with E-state index in [1.807, 2.05) is 0 Å². The van der Waals surface area contributed by atoms with Gasteiger partial charge in [0.15, 0.2) is 0 Å². The van der Waals surface area contributed by atoms with Crippen LogP contribution in [0.1, 0.15) is 0 Å². The molecule has 0 atom stereocenters. The Balaban J connectivity index is 3.02. The summed E-state index contributed by atoms with van der Waals surface area (Å²) in [5, 5.41) is 0. The van der Waals surface area contributed by atoms with Crippen molar-refractivity contribution in [1.29, 1.82) is 0 Å². The number of hydrogen-bond acceptors (Lipinski definition) is 2. The first-order chi connectivity index (χ1) is 2.00. The van der Waals surface area contributed by atoms with E-state index in [0.717, 1.165) is 0 Å². The fraction of sp³-hybridized carbons (Fsp3) is 1.00. The van der Waals surface area contributed by atoms with Crippen molar-refractivity contribution in [3.05, 3.63) is 0 Å². The Morgan fingerprint density at radius 1 is 1.60 bits per heavy atom. The molecule has 5 heavy (non-hydrogen) atoms. The molecular weight excluding hydrogens is 106 g/mol. The first-order valence-electron chi connectivity index (χ1n) is 1.27. The third-order valence-corrected chi connectivity index (χ3v) is 0. The molecule has 2 nitrogen and oxygen atoms in total. The molecule has 0 unspecified atom stereocenters. The molecule has 0 bridgehead atoms. The van der Waals surface area contributed by atoms with E-state index in [2.05, 4.69) is 0 Å². The normalized spacial score (nSPS) is 15.2. The van der Waals surface area contributed by atoms with Crippen LogP contribution in [0.25, 0.3) is 0 Å². The molecule has 4 N–H and O–H groups in total. The Morgan fingerprint density at radius 2 is 1.60 bits per heavy atom.